The summed E-state index contributed by atoms with van der Waals surface area (Å²) >= 11 is 6.16. The molecule has 0 bridgehead atoms. The summed E-state index contributed by atoms with van der Waals surface area (Å²) in [4.78, 5) is 10.8. The predicted octanol–water partition coefficient (Wildman–Crippen LogP) is 3.45. The molecule has 110 valence electrons. The molecule has 0 atom stereocenters. The molecule has 5 nitrogen and oxygen atoms in total. The number of aromatic nitrogens is 2. The molecule has 2 aromatic rings. The van der Waals surface area contributed by atoms with E-state index in [1.807, 2.05) is 24.3 Å². The minimum absolute atomic E-state index is 0.569. The van der Waals surface area contributed by atoms with Crippen LogP contribution < -0.4 is 16.0 Å². The molecular weight excluding hydrogens is 286 g/mol. The zero-order valence-corrected chi connectivity index (χ0v) is 12.5. The predicted molar refractivity (Wildman–Crippen MR) is 87.2 cm³/mol. The first-order chi connectivity index (χ1) is 10.3. The third-order valence-corrected chi connectivity index (χ3v) is 3.97. The van der Waals surface area contributed by atoms with Crippen LogP contribution >= 0.6 is 11.6 Å². The van der Waals surface area contributed by atoms with Crippen LogP contribution in [-0.4, -0.2) is 23.1 Å². The number of rotatable bonds is 3. The van der Waals surface area contributed by atoms with Crippen LogP contribution in [-0.2, 0) is 0 Å². The normalized spacial score (nSPS) is 15.0. The van der Waals surface area contributed by atoms with Crippen molar-refractivity contribution in [3.05, 3.63) is 35.6 Å². The van der Waals surface area contributed by atoms with Crippen LogP contribution in [0.2, 0.25) is 5.02 Å². The van der Waals surface area contributed by atoms with Gasteiger partial charge < -0.3 is 16.0 Å². The molecule has 1 saturated heterocycles. The van der Waals surface area contributed by atoms with Gasteiger partial charge in [-0.3, -0.25) is 0 Å². The molecule has 0 unspecified atom stereocenters. The van der Waals surface area contributed by atoms with Gasteiger partial charge in [0.05, 0.1) is 10.7 Å². The lowest BCUT2D eigenvalue weighted by Crippen LogP contribution is -2.31. The van der Waals surface area contributed by atoms with Crippen LogP contribution in [0.5, 0.6) is 0 Å². The summed E-state index contributed by atoms with van der Waals surface area (Å²) in [6, 6.07) is 7.52. The van der Waals surface area contributed by atoms with Crippen molar-refractivity contribution in [2.45, 2.75) is 19.3 Å². The van der Waals surface area contributed by atoms with Crippen molar-refractivity contribution in [3.8, 4) is 0 Å². The number of benzene rings is 1. The van der Waals surface area contributed by atoms with Gasteiger partial charge in [-0.25, -0.2) is 9.97 Å². The lowest BCUT2D eigenvalue weighted by molar-refractivity contribution is 0.574. The molecule has 0 saturated carbocycles. The number of piperidine rings is 1. The van der Waals surface area contributed by atoms with E-state index in [-0.39, 0.29) is 0 Å². The highest BCUT2D eigenvalue weighted by Crippen LogP contribution is 2.32. The number of halogens is 1. The lowest BCUT2D eigenvalue weighted by atomic mass is 10.1. The second kappa shape index (κ2) is 6.18. The van der Waals surface area contributed by atoms with E-state index in [2.05, 4.69) is 20.2 Å². The van der Waals surface area contributed by atoms with Gasteiger partial charge in [-0.15, -0.1) is 0 Å². The van der Waals surface area contributed by atoms with Gasteiger partial charge in [-0.1, -0.05) is 23.7 Å². The SMILES string of the molecule is Nc1c(Nc2ccccc2Cl)ncnc1N1CCCCC1. The Balaban J connectivity index is 1.88. The molecule has 0 amide bonds. The van der Waals surface area contributed by atoms with E-state index in [1.54, 1.807) is 6.33 Å². The Kier molecular flexibility index (Phi) is 4.10. The van der Waals surface area contributed by atoms with E-state index >= 15 is 0 Å². The van der Waals surface area contributed by atoms with Gasteiger partial charge in [-0.2, -0.15) is 0 Å². The standard InChI is InChI=1S/C15H18ClN5/c16-11-6-2-3-7-12(11)20-14-13(17)15(19-10-18-14)21-8-4-1-5-9-21/h2-3,6-7,10H,1,4-5,8-9,17H2,(H,18,19,20). The van der Waals surface area contributed by atoms with Gasteiger partial charge >= 0.3 is 0 Å². The summed E-state index contributed by atoms with van der Waals surface area (Å²) in [6.45, 7) is 1.99. The minimum Gasteiger partial charge on any atom is -0.393 e. The highest BCUT2D eigenvalue weighted by atomic mass is 35.5. The van der Waals surface area contributed by atoms with Crippen molar-refractivity contribution in [3.63, 3.8) is 0 Å². The van der Waals surface area contributed by atoms with Crippen molar-refractivity contribution < 1.29 is 0 Å². The Morgan fingerprint density at radius 2 is 1.86 bits per heavy atom. The van der Waals surface area contributed by atoms with Gasteiger partial charge in [0, 0.05) is 13.1 Å². The van der Waals surface area contributed by atoms with E-state index in [4.69, 9.17) is 17.3 Å². The van der Waals surface area contributed by atoms with Crippen LogP contribution in [0.1, 0.15) is 19.3 Å². The zero-order valence-electron chi connectivity index (χ0n) is 11.7. The van der Waals surface area contributed by atoms with E-state index < -0.39 is 0 Å². The number of hydrogen-bond acceptors (Lipinski definition) is 5. The lowest BCUT2D eigenvalue weighted by Gasteiger charge is -2.28. The number of para-hydroxylation sites is 1. The molecule has 2 heterocycles. The maximum Gasteiger partial charge on any atom is 0.159 e. The van der Waals surface area contributed by atoms with E-state index in [9.17, 15) is 0 Å². The third kappa shape index (κ3) is 3.03. The second-order valence-electron chi connectivity index (χ2n) is 5.11. The van der Waals surface area contributed by atoms with Gasteiger partial charge in [-0.05, 0) is 31.4 Å². The van der Waals surface area contributed by atoms with Gasteiger partial charge in [0.25, 0.3) is 0 Å². The number of nitrogen functional groups attached to an aromatic ring is 1. The topological polar surface area (TPSA) is 67.1 Å². The summed E-state index contributed by atoms with van der Waals surface area (Å²) in [5.41, 5.74) is 7.59. The first-order valence-electron chi connectivity index (χ1n) is 7.12. The number of nitrogens with zero attached hydrogens (tertiary/aromatic N) is 3. The first-order valence-corrected chi connectivity index (χ1v) is 7.50. The Hall–Kier alpha value is -2.01. The quantitative estimate of drug-likeness (QED) is 0.909. The van der Waals surface area contributed by atoms with Crippen molar-refractivity contribution in [1.29, 1.82) is 0 Å². The molecule has 1 aromatic heterocycles. The molecule has 1 fully saturated rings. The van der Waals surface area contributed by atoms with Crippen molar-refractivity contribution in [1.82, 2.24) is 9.97 Å². The Labute approximate surface area is 129 Å². The van der Waals surface area contributed by atoms with Crippen molar-refractivity contribution in [2.75, 3.05) is 29.0 Å². The smallest absolute Gasteiger partial charge is 0.159 e. The van der Waals surface area contributed by atoms with Gasteiger partial charge in [0.2, 0.25) is 0 Å². The average Bonchev–Trinajstić information content (AvgIpc) is 2.52. The molecule has 1 aromatic carbocycles. The summed E-state index contributed by atoms with van der Waals surface area (Å²) in [5.74, 6) is 1.40. The molecule has 1 aliphatic rings. The molecular formula is C15H18ClN5. The van der Waals surface area contributed by atoms with Gasteiger partial charge in [0.15, 0.2) is 11.6 Å². The fraction of sp³-hybridized carbons (Fsp3) is 0.333. The zero-order chi connectivity index (χ0) is 14.7. The molecule has 0 radical (unpaired) electrons. The third-order valence-electron chi connectivity index (χ3n) is 3.65. The molecule has 0 aliphatic carbocycles. The second-order valence-corrected chi connectivity index (χ2v) is 5.52. The molecule has 3 N–H and O–H groups in total. The van der Waals surface area contributed by atoms with Crippen LogP contribution in [0, 0.1) is 0 Å². The first kappa shape index (κ1) is 13.9. The summed E-state index contributed by atoms with van der Waals surface area (Å²) in [6.07, 6.45) is 5.17. The summed E-state index contributed by atoms with van der Waals surface area (Å²) < 4.78 is 0. The van der Waals surface area contributed by atoms with E-state index in [0.717, 1.165) is 24.6 Å². The van der Waals surface area contributed by atoms with Crippen molar-refractivity contribution >= 4 is 34.6 Å². The Morgan fingerprint density at radius 1 is 1.10 bits per heavy atom. The highest BCUT2D eigenvalue weighted by Gasteiger charge is 2.17. The number of nitrogens with one attached hydrogen (secondary N) is 1. The van der Waals surface area contributed by atoms with Crippen LogP contribution in [0.25, 0.3) is 0 Å². The number of hydrogen-bond donors (Lipinski definition) is 2. The highest BCUT2D eigenvalue weighted by molar-refractivity contribution is 6.33. The monoisotopic (exact) mass is 303 g/mol. The van der Waals surface area contributed by atoms with Crippen molar-refractivity contribution in [2.24, 2.45) is 0 Å². The molecule has 0 spiro atoms. The average molecular weight is 304 g/mol. The Morgan fingerprint density at radius 3 is 2.62 bits per heavy atom. The van der Waals surface area contributed by atoms with E-state index in [1.165, 1.54) is 19.3 Å². The molecule has 1 aliphatic heterocycles. The van der Waals surface area contributed by atoms with E-state index in [0.29, 0.717) is 16.5 Å². The minimum atomic E-state index is 0.569. The summed E-state index contributed by atoms with van der Waals surface area (Å²) in [5, 5.41) is 3.82. The maximum atomic E-state index is 6.24. The number of anilines is 4. The van der Waals surface area contributed by atoms with Crippen LogP contribution in [0.3, 0.4) is 0 Å². The van der Waals surface area contributed by atoms with Gasteiger partial charge in [0.1, 0.15) is 12.0 Å². The van der Waals surface area contributed by atoms with Crippen LogP contribution in [0.4, 0.5) is 23.0 Å². The maximum absolute atomic E-state index is 6.24. The molecule has 6 heteroatoms. The molecule has 3 rings (SSSR count). The van der Waals surface area contributed by atoms with Crippen LogP contribution in [0.15, 0.2) is 30.6 Å². The fourth-order valence-electron chi connectivity index (χ4n) is 2.53. The molecule has 21 heavy (non-hydrogen) atoms. The summed E-state index contributed by atoms with van der Waals surface area (Å²) in [7, 11) is 0. The number of nitrogens with two attached hydrogens (primary N) is 1. The fourth-order valence-corrected chi connectivity index (χ4v) is 2.72. The Bertz CT molecular complexity index is 625. The largest absolute Gasteiger partial charge is 0.393 e.